The van der Waals surface area contributed by atoms with Crippen molar-refractivity contribution in [3.63, 3.8) is 0 Å². The van der Waals surface area contributed by atoms with E-state index in [-0.39, 0.29) is 0 Å². The van der Waals surface area contributed by atoms with Gasteiger partial charge in [-0.15, -0.1) is 0 Å². The molecular weight excluding hydrogens is 216 g/mol. The van der Waals surface area contributed by atoms with E-state index in [1.165, 1.54) is 12.6 Å². The fourth-order valence-corrected chi connectivity index (χ4v) is 2.54. The number of pyridine rings is 1. The van der Waals surface area contributed by atoms with E-state index in [0.29, 0.717) is 11.6 Å². The molecule has 0 amide bonds. The van der Waals surface area contributed by atoms with E-state index in [2.05, 4.69) is 16.8 Å². The van der Waals surface area contributed by atoms with Crippen LogP contribution in [0.2, 0.25) is 0 Å². The second-order valence-corrected chi connectivity index (χ2v) is 4.45. The molecule has 4 nitrogen and oxygen atoms in total. The second-order valence-electron chi connectivity index (χ2n) is 4.45. The lowest BCUT2D eigenvalue weighted by molar-refractivity contribution is 0.0697. The highest BCUT2D eigenvalue weighted by Crippen LogP contribution is 2.28. The third kappa shape index (κ3) is 2.40. The summed E-state index contributed by atoms with van der Waals surface area (Å²) >= 11 is 0. The maximum absolute atomic E-state index is 11.2. The second kappa shape index (κ2) is 5.17. The lowest BCUT2D eigenvalue weighted by Gasteiger charge is -2.37. The molecule has 1 aromatic heterocycles. The van der Waals surface area contributed by atoms with Crippen molar-refractivity contribution >= 4 is 11.7 Å². The summed E-state index contributed by atoms with van der Waals surface area (Å²) in [6, 6.07) is 2.28. The minimum Gasteiger partial charge on any atom is -0.478 e. The molecule has 0 spiro atoms. The number of piperidine rings is 1. The zero-order chi connectivity index (χ0) is 12.3. The monoisotopic (exact) mass is 234 g/mol. The first-order chi connectivity index (χ1) is 8.24. The fraction of sp³-hybridized carbons (Fsp3) is 0.538. The zero-order valence-corrected chi connectivity index (χ0v) is 10.1. The van der Waals surface area contributed by atoms with Gasteiger partial charge in [0, 0.05) is 25.0 Å². The van der Waals surface area contributed by atoms with Crippen LogP contribution in [0.3, 0.4) is 0 Å². The number of hydrogen-bond donors (Lipinski definition) is 1. The van der Waals surface area contributed by atoms with Gasteiger partial charge in [0.25, 0.3) is 0 Å². The molecule has 4 heteroatoms. The number of nitrogens with zero attached hydrogens (tertiary/aromatic N) is 2. The van der Waals surface area contributed by atoms with Crippen LogP contribution in [0.5, 0.6) is 0 Å². The summed E-state index contributed by atoms with van der Waals surface area (Å²) in [5.41, 5.74) is 1.13. The molecule has 0 aromatic carbocycles. The molecule has 1 N–H and O–H groups in total. The molecule has 0 radical (unpaired) electrons. The first kappa shape index (κ1) is 11.9. The molecule has 2 heterocycles. The van der Waals surface area contributed by atoms with Gasteiger partial charge in [-0.25, -0.2) is 4.79 Å². The Morgan fingerprint density at radius 1 is 1.59 bits per heavy atom. The number of anilines is 1. The molecule has 1 aromatic rings. The van der Waals surface area contributed by atoms with Crippen LogP contribution in [-0.2, 0) is 0 Å². The van der Waals surface area contributed by atoms with Gasteiger partial charge < -0.3 is 10.0 Å². The summed E-state index contributed by atoms with van der Waals surface area (Å²) in [4.78, 5) is 17.3. The third-order valence-corrected chi connectivity index (χ3v) is 3.44. The van der Waals surface area contributed by atoms with Gasteiger partial charge >= 0.3 is 5.97 Å². The number of aromatic nitrogens is 1. The van der Waals surface area contributed by atoms with Crippen LogP contribution in [-0.4, -0.2) is 28.6 Å². The van der Waals surface area contributed by atoms with Crippen LogP contribution in [0.1, 0.15) is 43.0 Å². The van der Waals surface area contributed by atoms with Crippen molar-refractivity contribution in [3.8, 4) is 0 Å². The molecule has 0 aliphatic carbocycles. The number of carboxylic acid groups (broad SMARTS) is 1. The molecule has 1 aliphatic heterocycles. The van der Waals surface area contributed by atoms with Crippen molar-refractivity contribution in [1.82, 2.24) is 4.98 Å². The molecular formula is C13H18N2O2. The van der Waals surface area contributed by atoms with Crippen LogP contribution in [0.4, 0.5) is 5.69 Å². The predicted molar refractivity (Wildman–Crippen MR) is 66.5 cm³/mol. The van der Waals surface area contributed by atoms with Crippen molar-refractivity contribution in [2.24, 2.45) is 0 Å². The SMILES string of the molecule is CC[C@@H]1CCCCN1c1ccncc1C(=O)O. The number of aromatic carboxylic acids is 1. The topological polar surface area (TPSA) is 53.4 Å². The lowest BCUT2D eigenvalue weighted by atomic mass is 9.98. The quantitative estimate of drug-likeness (QED) is 0.873. The summed E-state index contributed by atoms with van der Waals surface area (Å²) in [5.74, 6) is -0.895. The number of carbonyl (C=O) groups is 1. The predicted octanol–water partition coefficient (Wildman–Crippen LogP) is 2.55. The van der Waals surface area contributed by atoms with Crippen molar-refractivity contribution in [3.05, 3.63) is 24.0 Å². The van der Waals surface area contributed by atoms with Gasteiger partial charge in [-0.05, 0) is 31.7 Å². The average molecular weight is 234 g/mol. The smallest absolute Gasteiger partial charge is 0.339 e. The molecule has 1 saturated heterocycles. The zero-order valence-electron chi connectivity index (χ0n) is 10.1. The third-order valence-electron chi connectivity index (χ3n) is 3.44. The molecule has 1 fully saturated rings. The Morgan fingerprint density at radius 2 is 2.41 bits per heavy atom. The van der Waals surface area contributed by atoms with Gasteiger partial charge in [0.2, 0.25) is 0 Å². The van der Waals surface area contributed by atoms with Gasteiger partial charge in [0.05, 0.1) is 5.69 Å². The Hall–Kier alpha value is -1.58. The molecule has 2 rings (SSSR count). The highest BCUT2D eigenvalue weighted by atomic mass is 16.4. The van der Waals surface area contributed by atoms with Gasteiger partial charge in [-0.2, -0.15) is 0 Å². The lowest BCUT2D eigenvalue weighted by Crippen LogP contribution is -2.40. The number of carboxylic acids is 1. The first-order valence-corrected chi connectivity index (χ1v) is 6.18. The Bertz CT molecular complexity index is 406. The maximum atomic E-state index is 11.2. The van der Waals surface area contributed by atoms with E-state index in [1.807, 2.05) is 6.07 Å². The maximum Gasteiger partial charge on any atom is 0.339 e. The number of rotatable bonds is 3. The largest absolute Gasteiger partial charge is 0.478 e. The van der Waals surface area contributed by atoms with Crippen LogP contribution in [0, 0.1) is 0 Å². The summed E-state index contributed by atoms with van der Waals surface area (Å²) in [7, 11) is 0. The van der Waals surface area contributed by atoms with Crippen LogP contribution in [0.25, 0.3) is 0 Å². The van der Waals surface area contributed by atoms with E-state index in [9.17, 15) is 9.90 Å². The van der Waals surface area contributed by atoms with Crippen molar-refractivity contribution in [1.29, 1.82) is 0 Å². The Balaban J connectivity index is 2.34. The minimum atomic E-state index is -0.895. The number of hydrogen-bond acceptors (Lipinski definition) is 3. The minimum absolute atomic E-state index is 0.313. The summed E-state index contributed by atoms with van der Waals surface area (Å²) in [6.45, 7) is 3.10. The highest BCUT2D eigenvalue weighted by Gasteiger charge is 2.24. The summed E-state index contributed by atoms with van der Waals surface area (Å²) in [5, 5.41) is 9.19. The highest BCUT2D eigenvalue weighted by molar-refractivity contribution is 5.94. The summed E-state index contributed by atoms with van der Waals surface area (Å²) < 4.78 is 0. The standard InChI is InChI=1S/C13H18N2O2/c1-2-10-5-3-4-8-15(10)12-6-7-14-9-11(12)13(16)17/h6-7,9-10H,2-5,8H2,1H3,(H,16,17)/t10-/m1/s1. The van der Waals surface area contributed by atoms with E-state index in [4.69, 9.17) is 0 Å². The first-order valence-electron chi connectivity index (χ1n) is 6.18. The Kier molecular flexibility index (Phi) is 3.61. The van der Waals surface area contributed by atoms with E-state index in [0.717, 1.165) is 31.5 Å². The van der Waals surface area contributed by atoms with E-state index >= 15 is 0 Å². The van der Waals surface area contributed by atoms with Gasteiger partial charge in [-0.3, -0.25) is 4.98 Å². The van der Waals surface area contributed by atoms with Gasteiger partial charge in [0.1, 0.15) is 5.56 Å². The van der Waals surface area contributed by atoms with Crippen molar-refractivity contribution in [2.45, 2.75) is 38.6 Å². The molecule has 1 atom stereocenters. The molecule has 92 valence electrons. The molecule has 17 heavy (non-hydrogen) atoms. The fourth-order valence-electron chi connectivity index (χ4n) is 2.54. The van der Waals surface area contributed by atoms with Crippen LogP contribution in [0.15, 0.2) is 18.5 Å². The molecule has 0 bridgehead atoms. The molecule has 1 aliphatic rings. The molecule has 0 saturated carbocycles. The normalized spacial score (nSPS) is 20.3. The average Bonchev–Trinajstić information content (AvgIpc) is 2.38. The van der Waals surface area contributed by atoms with Crippen LogP contribution >= 0.6 is 0 Å². The van der Waals surface area contributed by atoms with Crippen LogP contribution < -0.4 is 4.90 Å². The van der Waals surface area contributed by atoms with E-state index < -0.39 is 5.97 Å². The van der Waals surface area contributed by atoms with E-state index in [1.54, 1.807) is 6.20 Å². The van der Waals surface area contributed by atoms with Crippen molar-refractivity contribution in [2.75, 3.05) is 11.4 Å². The Labute approximate surface area is 101 Å². The summed E-state index contributed by atoms with van der Waals surface area (Å²) in [6.07, 6.45) is 7.70. The van der Waals surface area contributed by atoms with Gasteiger partial charge in [-0.1, -0.05) is 6.92 Å². The van der Waals surface area contributed by atoms with Crippen molar-refractivity contribution < 1.29 is 9.90 Å². The molecule has 0 unspecified atom stereocenters. The van der Waals surface area contributed by atoms with Gasteiger partial charge in [0.15, 0.2) is 0 Å². The Morgan fingerprint density at radius 3 is 3.12 bits per heavy atom.